The van der Waals surface area contributed by atoms with Crippen LogP contribution in [0.15, 0.2) is 0 Å². The molecule has 0 N–H and O–H groups in total. The summed E-state index contributed by atoms with van der Waals surface area (Å²) < 4.78 is 0. The Hall–Kier alpha value is 0.723. The van der Waals surface area contributed by atoms with Gasteiger partial charge < -0.3 is 20.4 Å². The van der Waals surface area contributed by atoms with E-state index in [1.807, 2.05) is 27.7 Å². The third kappa shape index (κ3) is 163. The summed E-state index contributed by atoms with van der Waals surface area (Å²) in [5.74, 6) is 0. The van der Waals surface area contributed by atoms with Gasteiger partial charge in [0, 0.05) is 0 Å². The van der Waals surface area contributed by atoms with Gasteiger partial charge in [0.25, 0.3) is 0 Å². The van der Waals surface area contributed by atoms with E-state index < -0.39 is 0 Å². The zero-order valence-corrected chi connectivity index (χ0v) is 14.2. The Labute approximate surface area is 126 Å². The molecule has 0 saturated heterocycles. The second-order valence-electron chi connectivity index (χ2n) is 2.82. The van der Waals surface area contributed by atoms with Crippen molar-refractivity contribution in [2.24, 2.45) is 0 Å². The first kappa shape index (κ1) is 30.6. The SMILES string of the molecule is CCC[O-].CCC[O-].CCC[O-].CCC[O-].[Zr+4]. The van der Waals surface area contributed by atoms with Crippen molar-refractivity contribution in [2.75, 3.05) is 26.4 Å². The summed E-state index contributed by atoms with van der Waals surface area (Å²) in [5.41, 5.74) is 0. The van der Waals surface area contributed by atoms with E-state index in [0.717, 1.165) is 25.7 Å². The van der Waals surface area contributed by atoms with E-state index in [-0.39, 0.29) is 52.6 Å². The van der Waals surface area contributed by atoms with E-state index >= 15 is 0 Å². The standard InChI is InChI=1S/4C3H7O.Zr/c4*1-2-3-4;/h4*2-3H2,1H3;/q4*-1;+4. The summed E-state index contributed by atoms with van der Waals surface area (Å²) in [4.78, 5) is 0. The quantitative estimate of drug-likeness (QED) is 0.664. The summed E-state index contributed by atoms with van der Waals surface area (Å²) in [5, 5.41) is 37.2. The van der Waals surface area contributed by atoms with Crippen LogP contribution in [-0.2, 0) is 26.2 Å². The molecule has 17 heavy (non-hydrogen) atoms. The van der Waals surface area contributed by atoms with Crippen LogP contribution in [-0.4, -0.2) is 26.4 Å². The van der Waals surface area contributed by atoms with Crippen molar-refractivity contribution in [2.45, 2.75) is 53.4 Å². The number of hydrogen-bond acceptors (Lipinski definition) is 4. The van der Waals surface area contributed by atoms with E-state index in [9.17, 15) is 20.4 Å². The Morgan fingerprint density at radius 3 is 0.529 bits per heavy atom. The van der Waals surface area contributed by atoms with Gasteiger partial charge in [-0.05, 0) is 0 Å². The van der Waals surface area contributed by atoms with Gasteiger partial charge in [-0.25, -0.2) is 0 Å². The van der Waals surface area contributed by atoms with Crippen LogP contribution < -0.4 is 20.4 Å². The fraction of sp³-hybridized carbons (Fsp3) is 1.00. The maximum absolute atomic E-state index is 9.30. The maximum Gasteiger partial charge on any atom is 4.00 e. The van der Waals surface area contributed by atoms with Gasteiger partial charge in [0.1, 0.15) is 0 Å². The second kappa shape index (κ2) is 54.3. The van der Waals surface area contributed by atoms with Crippen LogP contribution in [0, 0.1) is 0 Å². The van der Waals surface area contributed by atoms with Crippen LogP contribution in [0.3, 0.4) is 0 Å². The predicted octanol–water partition coefficient (Wildman–Crippen LogP) is -0.976. The van der Waals surface area contributed by atoms with E-state index in [1.165, 1.54) is 0 Å². The van der Waals surface area contributed by atoms with Crippen LogP contribution in [0.5, 0.6) is 0 Å². The number of rotatable bonds is 4. The van der Waals surface area contributed by atoms with Crippen molar-refractivity contribution >= 4 is 0 Å². The molecule has 0 aromatic carbocycles. The molecule has 0 fully saturated rings. The van der Waals surface area contributed by atoms with Crippen LogP contribution in [0.25, 0.3) is 0 Å². The van der Waals surface area contributed by atoms with Gasteiger partial charge in [0.15, 0.2) is 0 Å². The molecule has 0 radical (unpaired) electrons. The van der Waals surface area contributed by atoms with Gasteiger partial charge in [-0.2, -0.15) is 0 Å². The van der Waals surface area contributed by atoms with Crippen LogP contribution in [0.2, 0.25) is 0 Å². The molecule has 0 atom stereocenters. The molecule has 0 saturated carbocycles. The third-order valence-electron chi connectivity index (χ3n) is 0.816. The molecule has 0 spiro atoms. The molecule has 0 aliphatic carbocycles. The molecule has 5 heteroatoms. The fourth-order valence-electron chi connectivity index (χ4n) is 0. The summed E-state index contributed by atoms with van der Waals surface area (Å²) in [6, 6.07) is 0. The Kier molecular flexibility index (Phi) is 97.9. The minimum atomic E-state index is 0. The molecule has 0 bridgehead atoms. The molecule has 4 nitrogen and oxygen atoms in total. The van der Waals surface area contributed by atoms with Crippen LogP contribution in [0.1, 0.15) is 53.4 Å². The third-order valence-corrected chi connectivity index (χ3v) is 0.816. The Morgan fingerprint density at radius 2 is 0.529 bits per heavy atom. The first-order valence-electron chi connectivity index (χ1n) is 5.98. The molecular formula is C12H28O4Zr. The number of hydrogen-bond donors (Lipinski definition) is 0. The summed E-state index contributed by atoms with van der Waals surface area (Å²) >= 11 is 0. The Bertz CT molecular complexity index is 42.5. The monoisotopic (exact) mass is 326 g/mol. The zero-order valence-electron chi connectivity index (χ0n) is 11.8. The van der Waals surface area contributed by atoms with Crippen molar-refractivity contribution in [1.82, 2.24) is 0 Å². The van der Waals surface area contributed by atoms with Gasteiger partial charge >= 0.3 is 26.2 Å². The van der Waals surface area contributed by atoms with Crippen molar-refractivity contribution in [3.05, 3.63) is 0 Å². The van der Waals surface area contributed by atoms with Gasteiger partial charge in [0.05, 0.1) is 0 Å². The summed E-state index contributed by atoms with van der Waals surface area (Å²) in [7, 11) is 0. The van der Waals surface area contributed by atoms with E-state index in [4.69, 9.17) is 0 Å². The summed E-state index contributed by atoms with van der Waals surface area (Å²) in [6.45, 7) is 7.75. The normalized spacial score (nSPS) is 7.06. The van der Waals surface area contributed by atoms with Crippen molar-refractivity contribution < 1.29 is 46.6 Å². The van der Waals surface area contributed by atoms with Gasteiger partial charge in [-0.3, -0.25) is 0 Å². The van der Waals surface area contributed by atoms with E-state index in [2.05, 4.69) is 0 Å². The molecule has 0 aliphatic heterocycles. The van der Waals surface area contributed by atoms with Gasteiger partial charge in [0.2, 0.25) is 0 Å². The largest absolute Gasteiger partial charge is 4.00 e. The maximum atomic E-state index is 9.30. The molecule has 0 aromatic heterocycles. The van der Waals surface area contributed by atoms with Crippen molar-refractivity contribution in [1.29, 1.82) is 0 Å². The minimum Gasteiger partial charge on any atom is -0.854 e. The summed E-state index contributed by atoms with van der Waals surface area (Å²) in [6.07, 6.45) is 3.06. The first-order chi connectivity index (χ1) is 7.66. The minimum absolute atomic E-state index is 0. The van der Waals surface area contributed by atoms with Crippen LogP contribution >= 0.6 is 0 Å². The smallest absolute Gasteiger partial charge is 0.854 e. The molecule has 0 rings (SSSR count). The van der Waals surface area contributed by atoms with Gasteiger partial charge in [-0.15, -0.1) is 26.4 Å². The molecule has 0 aliphatic rings. The van der Waals surface area contributed by atoms with Crippen molar-refractivity contribution in [3.8, 4) is 0 Å². The molecule has 0 aromatic rings. The fourth-order valence-corrected chi connectivity index (χ4v) is 0. The van der Waals surface area contributed by atoms with Gasteiger partial charge in [-0.1, -0.05) is 53.4 Å². The van der Waals surface area contributed by atoms with Crippen LogP contribution in [0.4, 0.5) is 0 Å². The van der Waals surface area contributed by atoms with E-state index in [1.54, 1.807) is 0 Å². The second-order valence-corrected chi connectivity index (χ2v) is 2.82. The average molecular weight is 328 g/mol. The van der Waals surface area contributed by atoms with Crippen molar-refractivity contribution in [3.63, 3.8) is 0 Å². The Balaban J connectivity index is -0.0000000369. The molecule has 104 valence electrons. The van der Waals surface area contributed by atoms with E-state index in [0.29, 0.717) is 0 Å². The Morgan fingerprint density at radius 1 is 0.471 bits per heavy atom. The topological polar surface area (TPSA) is 92.2 Å². The first-order valence-corrected chi connectivity index (χ1v) is 5.98. The predicted molar refractivity (Wildman–Crippen MR) is 60.6 cm³/mol. The molecule has 0 heterocycles. The molecule has 0 unspecified atom stereocenters. The molecular weight excluding hydrogens is 299 g/mol. The zero-order chi connectivity index (χ0) is 13.7. The average Bonchev–Trinajstić information content (AvgIpc) is 2.39. The molecule has 0 amide bonds.